The number of aromatic nitrogens is 1. The summed E-state index contributed by atoms with van der Waals surface area (Å²) in [6.07, 6.45) is 0. The van der Waals surface area contributed by atoms with E-state index in [0.29, 0.717) is 36.2 Å². The van der Waals surface area contributed by atoms with E-state index in [9.17, 15) is 4.79 Å². The number of amides is 1. The molecule has 0 atom stereocenters. The van der Waals surface area contributed by atoms with Crippen LogP contribution in [-0.4, -0.2) is 28.9 Å². The van der Waals surface area contributed by atoms with Crippen molar-refractivity contribution in [3.8, 4) is 5.75 Å². The summed E-state index contributed by atoms with van der Waals surface area (Å²) in [6, 6.07) is 7.28. The number of nitrogens with zero attached hydrogens (tertiary/aromatic N) is 2. The van der Waals surface area contributed by atoms with Crippen LogP contribution in [0, 0.1) is 0 Å². The van der Waals surface area contributed by atoms with Gasteiger partial charge >= 0.3 is 0 Å². The smallest absolute Gasteiger partial charge is 0.273 e. The van der Waals surface area contributed by atoms with Crippen molar-refractivity contribution in [1.82, 2.24) is 9.88 Å². The number of ether oxygens (including phenoxy) is 1. The molecule has 0 aliphatic rings. The Morgan fingerprint density at radius 3 is 2.71 bits per heavy atom. The average molecular weight is 325 g/mol. The van der Waals surface area contributed by atoms with E-state index in [1.54, 1.807) is 22.4 Å². The van der Waals surface area contributed by atoms with Crippen LogP contribution in [0.4, 0.5) is 0 Å². The summed E-state index contributed by atoms with van der Waals surface area (Å²) >= 11 is 7.44. The topological polar surface area (TPSA) is 42.4 Å². The van der Waals surface area contributed by atoms with E-state index in [0.717, 1.165) is 5.01 Å². The second kappa shape index (κ2) is 7.43. The van der Waals surface area contributed by atoms with Gasteiger partial charge in [-0.25, -0.2) is 4.98 Å². The zero-order valence-corrected chi connectivity index (χ0v) is 13.6. The Morgan fingerprint density at radius 2 is 2.05 bits per heavy atom. The van der Waals surface area contributed by atoms with Gasteiger partial charge in [-0.1, -0.05) is 23.7 Å². The molecule has 0 bridgehead atoms. The number of hydrogen-bond donors (Lipinski definition) is 0. The molecule has 1 aromatic heterocycles. The summed E-state index contributed by atoms with van der Waals surface area (Å²) in [4.78, 5) is 18.2. The van der Waals surface area contributed by atoms with E-state index in [1.165, 1.54) is 11.3 Å². The lowest BCUT2D eigenvalue weighted by Crippen LogP contribution is -2.30. The van der Waals surface area contributed by atoms with Crippen molar-refractivity contribution in [3.05, 3.63) is 45.4 Å². The zero-order chi connectivity index (χ0) is 15.2. The maximum Gasteiger partial charge on any atom is 0.273 e. The van der Waals surface area contributed by atoms with E-state index in [1.807, 2.05) is 26.0 Å². The third kappa shape index (κ3) is 3.95. The quantitative estimate of drug-likeness (QED) is 0.810. The van der Waals surface area contributed by atoms with Crippen LogP contribution in [0.15, 0.2) is 29.6 Å². The van der Waals surface area contributed by atoms with Crippen molar-refractivity contribution in [2.24, 2.45) is 0 Å². The fraction of sp³-hybridized carbons (Fsp3) is 0.333. The molecular formula is C15H17ClN2O2S. The highest BCUT2D eigenvalue weighted by Gasteiger charge is 2.16. The van der Waals surface area contributed by atoms with Crippen LogP contribution in [0.2, 0.25) is 5.02 Å². The molecule has 0 radical (unpaired) electrons. The Kier molecular flexibility index (Phi) is 5.59. The van der Waals surface area contributed by atoms with Crippen LogP contribution in [0.1, 0.15) is 29.3 Å². The van der Waals surface area contributed by atoms with Crippen molar-refractivity contribution in [3.63, 3.8) is 0 Å². The molecule has 6 heteroatoms. The molecule has 112 valence electrons. The van der Waals surface area contributed by atoms with Crippen LogP contribution in [-0.2, 0) is 6.61 Å². The molecule has 2 rings (SSSR count). The van der Waals surface area contributed by atoms with E-state index < -0.39 is 0 Å². The maximum atomic E-state index is 12.2. The molecule has 0 N–H and O–H groups in total. The Labute approximate surface area is 133 Å². The first-order valence-corrected chi connectivity index (χ1v) is 8.02. The molecule has 0 unspecified atom stereocenters. The number of hydrogen-bond acceptors (Lipinski definition) is 4. The first-order chi connectivity index (χ1) is 10.2. The van der Waals surface area contributed by atoms with Crippen LogP contribution < -0.4 is 4.74 Å². The number of thiazole rings is 1. The van der Waals surface area contributed by atoms with Gasteiger partial charge in [-0.15, -0.1) is 11.3 Å². The van der Waals surface area contributed by atoms with E-state index >= 15 is 0 Å². The predicted molar refractivity (Wildman–Crippen MR) is 85.1 cm³/mol. The number of carbonyl (C=O) groups is 1. The normalized spacial score (nSPS) is 10.4. The Bertz CT molecular complexity index is 611. The largest absolute Gasteiger partial charge is 0.485 e. The standard InChI is InChI=1S/C15H17ClN2O2S/c1-3-18(4-2)15(19)12-10-21-14(17-12)9-20-13-8-6-5-7-11(13)16/h5-8,10H,3-4,9H2,1-2H3. The van der Waals surface area contributed by atoms with Crippen molar-refractivity contribution < 1.29 is 9.53 Å². The molecule has 1 aromatic carbocycles. The monoisotopic (exact) mass is 324 g/mol. The van der Waals surface area contributed by atoms with Gasteiger partial charge in [-0.05, 0) is 26.0 Å². The highest BCUT2D eigenvalue weighted by molar-refractivity contribution is 7.09. The van der Waals surface area contributed by atoms with Gasteiger partial charge in [0.25, 0.3) is 5.91 Å². The van der Waals surface area contributed by atoms with Crippen molar-refractivity contribution in [2.45, 2.75) is 20.5 Å². The fourth-order valence-electron chi connectivity index (χ4n) is 1.85. The third-order valence-corrected chi connectivity index (χ3v) is 4.14. The second-order valence-electron chi connectivity index (χ2n) is 4.32. The molecule has 1 amide bonds. The van der Waals surface area contributed by atoms with Crippen LogP contribution in [0.25, 0.3) is 0 Å². The van der Waals surface area contributed by atoms with Gasteiger partial charge < -0.3 is 9.64 Å². The second-order valence-corrected chi connectivity index (χ2v) is 5.67. The number of halogens is 1. The highest BCUT2D eigenvalue weighted by atomic mass is 35.5. The molecular weight excluding hydrogens is 308 g/mol. The average Bonchev–Trinajstić information content (AvgIpc) is 2.96. The maximum absolute atomic E-state index is 12.2. The van der Waals surface area contributed by atoms with E-state index in [-0.39, 0.29) is 5.91 Å². The number of carbonyl (C=O) groups excluding carboxylic acids is 1. The summed E-state index contributed by atoms with van der Waals surface area (Å²) < 4.78 is 5.62. The molecule has 1 heterocycles. The van der Waals surface area contributed by atoms with Crippen molar-refractivity contribution in [2.75, 3.05) is 13.1 Å². The molecule has 4 nitrogen and oxygen atoms in total. The summed E-state index contributed by atoms with van der Waals surface area (Å²) in [7, 11) is 0. The van der Waals surface area contributed by atoms with E-state index in [4.69, 9.17) is 16.3 Å². The molecule has 0 saturated carbocycles. The third-order valence-electron chi connectivity index (χ3n) is 3.01. The molecule has 2 aromatic rings. The van der Waals surface area contributed by atoms with Gasteiger partial charge in [0, 0.05) is 18.5 Å². The summed E-state index contributed by atoms with van der Waals surface area (Å²) in [5, 5.41) is 3.09. The minimum atomic E-state index is -0.0414. The zero-order valence-electron chi connectivity index (χ0n) is 12.0. The van der Waals surface area contributed by atoms with Gasteiger partial charge in [-0.2, -0.15) is 0 Å². The SMILES string of the molecule is CCN(CC)C(=O)c1csc(COc2ccccc2Cl)n1. The van der Waals surface area contributed by atoms with Crippen LogP contribution in [0.3, 0.4) is 0 Å². The number of para-hydroxylation sites is 1. The summed E-state index contributed by atoms with van der Waals surface area (Å²) in [5.41, 5.74) is 0.474. The summed E-state index contributed by atoms with van der Waals surface area (Å²) in [5.74, 6) is 0.575. The van der Waals surface area contributed by atoms with Crippen molar-refractivity contribution in [1.29, 1.82) is 0 Å². The molecule has 0 spiro atoms. The summed E-state index contributed by atoms with van der Waals surface area (Å²) in [6.45, 7) is 5.57. The number of rotatable bonds is 6. The van der Waals surface area contributed by atoms with Gasteiger partial charge in [0.15, 0.2) is 0 Å². The van der Waals surface area contributed by atoms with Crippen LogP contribution in [0.5, 0.6) is 5.75 Å². The Morgan fingerprint density at radius 1 is 1.33 bits per heavy atom. The van der Waals surface area contributed by atoms with Crippen LogP contribution >= 0.6 is 22.9 Å². The van der Waals surface area contributed by atoms with Gasteiger partial charge in [0.1, 0.15) is 23.1 Å². The van der Waals surface area contributed by atoms with Gasteiger partial charge in [0.05, 0.1) is 5.02 Å². The molecule has 0 fully saturated rings. The molecule has 21 heavy (non-hydrogen) atoms. The molecule has 0 aliphatic heterocycles. The minimum absolute atomic E-state index is 0.0414. The first kappa shape index (κ1) is 15.8. The Balaban J connectivity index is 2.00. The lowest BCUT2D eigenvalue weighted by atomic mass is 10.3. The molecule has 0 aliphatic carbocycles. The minimum Gasteiger partial charge on any atom is -0.485 e. The van der Waals surface area contributed by atoms with E-state index in [2.05, 4.69) is 4.98 Å². The van der Waals surface area contributed by atoms with Gasteiger partial charge in [0.2, 0.25) is 0 Å². The lowest BCUT2D eigenvalue weighted by Gasteiger charge is -2.16. The highest BCUT2D eigenvalue weighted by Crippen LogP contribution is 2.24. The first-order valence-electron chi connectivity index (χ1n) is 6.76. The Hall–Kier alpha value is -1.59. The molecule has 0 saturated heterocycles. The fourth-order valence-corrected chi connectivity index (χ4v) is 2.72. The number of benzene rings is 1. The van der Waals surface area contributed by atoms with Gasteiger partial charge in [-0.3, -0.25) is 4.79 Å². The van der Waals surface area contributed by atoms with Crippen molar-refractivity contribution >= 4 is 28.8 Å². The lowest BCUT2D eigenvalue weighted by molar-refractivity contribution is 0.0767. The predicted octanol–water partition coefficient (Wildman–Crippen LogP) is 3.86.